The Hall–Kier alpha value is -1.63. The lowest BCUT2D eigenvalue weighted by molar-refractivity contribution is -0.117. The molecule has 1 aromatic carbocycles. The molecule has 7 heteroatoms. The van der Waals surface area contributed by atoms with Crippen LogP contribution in [0.5, 0.6) is 0 Å². The van der Waals surface area contributed by atoms with Crippen molar-refractivity contribution in [1.82, 2.24) is 15.3 Å². The Kier molecular flexibility index (Phi) is 4.10. The van der Waals surface area contributed by atoms with Gasteiger partial charge in [0.15, 0.2) is 0 Å². The van der Waals surface area contributed by atoms with E-state index in [1.807, 2.05) is 19.1 Å². The van der Waals surface area contributed by atoms with E-state index in [0.717, 1.165) is 21.2 Å². The Balaban J connectivity index is 1.92. The Morgan fingerprint density at radius 1 is 1.43 bits per heavy atom. The van der Waals surface area contributed by atoms with Gasteiger partial charge < -0.3 is 10.6 Å². The smallest absolute Gasteiger partial charge is 0.246 e. The maximum Gasteiger partial charge on any atom is 0.246 e. The van der Waals surface area contributed by atoms with E-state index in [0.29, 0.717) is 11.6 Å². The van der Waals surface area contributed by atoms with Crippen molar-refractivity contribution in [3.8, 4) is 0 Å². The standard InChI is InChI=1S/C14H13ClN4OS/c1-2-17-13-8-5-9(15)11(6-10(8)19-14(13)20)21-12-7-16-3-4-18-12/h3-7,13,17H,2H2,1H3,(H,19,20). The summed E-state index contributed by atoms with van der Waals surface area (Å²) in [4.78, 5) is 21.0. The Bertz CT molecular complexity index is 680. The molecule has 0 saturated carbocycles. The van der Waals surface area contributed by atoms with Crippen molar-refractivity contribution in [1.29, 1.82) is 0 Å². The zero-order chi connectivity index (χ0) is 14.8. The number of nitrogens with zero attached hydrogens (tertiary/aromatic N) is 2. The number of rotatable bonds is 4. The van der Waals surface area contributed by atoms with Gasteiger partial charge in [-0.15, -0.1) is 0 Å². The molecule has 0 radical (unpaired) electrons. The van der Waals surface area contributed by atoms with E-state index < -0.39 is 0 Å². The number of hydrogen-bond acceptors (Lipinski definition) is 5. The van der Waals surface area contributed by atoms with Gasteiger partial charge in [-0.1, -0.05) is 30.3 Å². The van der Waals surface area contributed by atoms with Crippen LogP contribution in [0.15, 0.2) is 40.6 Å². The number of amides is 1. The van der Waals surface area contributed by atoms with Gasteiger partial charge in [-0.25, -0.2) is 4.98 Å². The molecule has 1 amide bonds. The molecule has 1 unspecified atom stereocenters. The van der Waals surface area contributed by atoms with Crippen LogP contribution in [0, 0.1) is 0 Å². The van der Waals surface area contributed by atoms with Gasteiger partial charge in [0, 0.05) is 28.5 Å². The molecule has 5 nitrogen and oxygen atoms in total. The van der Waals surface area contributed by atoms with E-state index in [2.05, 4.69) is 20.6 Å². The van der Waals surface area contributed by atoms with Crippen molar-refractivity contribution < 1.29 is 4.79 Å². The van der Waals surface area contributed by atoms with Crippen LogP contribution in [0.25, 0.3) is 0 Å². The van der Waals surface area contributed by atoms with Gasteiger partial charge in [-0.3, -0.25) is 9.78 Å². The monoisotopic (exact) mass is 320 g/mol. The third-order valence-electron chi connectivity index (χ3n) is 3.10. The summed E-state index contributed by atoms with van der Waals surface area (Å²) in [7, 11) is 0. The fraction of sp³-hybridized carbons (Fsp3) is 0.214. The van der Waals surface area contributed by atoms with Crippen molar-refractivity contribution >= 4 is 35.0 Å². The summed E-state index contributed by atoms with van der Waals surface area (Å²) in [6.07, 6.45) is 4.93. The molecule has 0 saturated heterocycles. The molecule has 1 aromatic heterocycles. The average Bonchev–Trinajstić information content (AvgIpc) is 2.77. The summed E-state index contributed by atoms with van der Waals surface area (Å²) < 4.78 is 0. The summed E-state index contributed by atoms with van der Waals surface area (Å²) in [5, 5.41) is 7.38. The number of likely N-dealkylation sites (N-methyl/N-ethyl adjacent to an activating group) is 1. The molecule has 1 aliphatic heterocycles. The number of hydrogen-bond donors (Lipinski definition) is 2. The maximum absolute atomic E-state index is 12.0. The summed E-state index contributed by atoms with van der Waals surface area (Å²) in [6, 6.07) is 3.38. The highest BCUT2D eigenvalue weighted by Crippen LogP contribution is 2.40. The topological polar surface area (TPSA) is 66.9 Å². The highest BCUT2D eigenvalue weighted by molar-refractivity contribution is 7.99. The van der Waals surface area contributed by atoms with E-state index in [9.17, 15) is 4.79 Å². The largest absolute Gasteiger partial charge is 0.324 e. The first-order chi connectivity index (χ1) is 10.2. The first-order valence-electron chi connectivity index (χ1n) is 6.50. The highest BCUT2D eigenvalue weighted by Gasteiger charge is 2.30. The van der Waals surface area contributed by atoms with Crippen LogP contribution >= 0.6 is 23.4 Å². The molecule has 0 spiro atoms. The normalized spacial score (nSPS) is 16.7. The zero-order valence-electron chi connectivity index (χ0n) is 11.3. The van der Waals surface area contributed by atoms with Crippen molar-refractivity contribution in [2.75, 3.05) is 11.9 Å². The van der Waals surface area contributed by atoms with Gasteiger partial charge in [0.1, 0.15) is 11.1 Å². The quantitative estimate of drug-likeness (QED) is 0.906. The second kappa shape index (κ2) is 6.01. The number of anilines is 1. The van der Waals surface area contributed by atoms with Crippen LogP contribution in [-0.4, -0.2) is 22.4 Å². The zero-order valence-corrected chi connectivity index (χ0v) is 12.8. The van der Waals surface area contributed by atoms with Crippen molar-refractivity contribution in [3.63, 3.8) is 0 Å². The molecule has 2 heterocycles. The predicted molar refractivity (Wildman–Crippen MR) is 82.7 cm³/mol. The molecule has 3 rings (SSSR count). The summed E-state index contributed by atoms with van der Waals surface area (Å²) >= 11 is 7.75. The average molecular weight is 321 g/mol. The maximum atomic E-state index is 12.0. The van der Waals surface area contributed by atoms with E-state index in [-0.39, 0.29) is 11.9 Å². The number of carbonyl (C=O) groups is 1. The van der Waals surface area contributed by atoms with Crippen LogP contribution in [0.4, 0.5) is 5.69 Å². The van der Waals surface area contributed by atoms with Gasteiger partial charge in [-0.05, 0) is 18.7 Å². The first kappa shape index (κ1) is 14.3. The van der Waals surface area contributed by atoms with Gasteiger partial charge in [0.05, 0.1) is 11.2 Å². The Morgan fingerprint density at radius 2 is 2.29 bits per heavy atom. The molecule has 1 atom stereocenters. The third kappa shape index (κ3) is 2.88. The molecule has 0 bridgehead atoms. The van der Waals surface area contributed by atoms with Gasteiger partial charge >= 0.3 is 0 Å². The molecule has 2 N–H and O–H groups in total. The van der Waals surface area contributed by atoms with Crippen molar-refractivity contribution in [2.24, 2.45) is 0 Å². The van der Waals surface area contributed by atoms with Crippen LogP contribution in [-0.2, 0) is 4.79 Å². The Morgan fingerprint density at radius 3 is 3.00 bits per heavy atom. The molecular formula is C14H13ClN4OS. The minimum Gasteiger partial charge on any atom is -0.324 e. The lowest BCUT2D eigenvalue weighted by Crippen LogP contribution is -2.27. The molecule has 21 heavy (non-hydrogen) atoms. The van der Waals surface area contributed by atoms with Crippen LogP contribution in [0.2, 0.25) is 5.02 Å². The summed E-state index contributed by atoms with van der Waals surface area (Å²) in [5.41, 5.74) is 1.68. The molecule has 2 aromatic rings. The Labute approximate surface area is 131 Å². The third-order valence-corrected chi connectivity index (χ3v) is 4.50. The van der Waals surface area contributed by atoms with Crippen molar-refractivity contribution in [2.45, 2.75) is 22.9 Å². The predicted octanol–water partition coefficient (Wildman–Crippen LogP) is 2.88. The number of nitrogens with one attached hydrogen (secondary N) is 2. The lowest BCUT2D eigenvalue weighted by Gasteiger charge is -2.11. The second-order valence-electron chi connectivity index (χ2n) is 4.50. The summed E-state index contributed by atoms with van der Waals surface area (Å²) in [5.74, 6) is -0.0513. The first-order valence-corrected chi connectivity index (χ1v) is 7.70. The van der Waals surface area contributed by atoms with E-state index >= 15 is 0 Å². The van der Waals surface area contributed by atoms with Crippen LogP contribution in [0.1, 0.15) is 18.5 Å². The van der Waals surface area contributed by atoms with E-state index in [1.165, 1.54) is 11.8 Å². The summed E-state index contributed by atoms with van der Waals surface area (Å²) in [6.45, 7) is 2.68. The van der Waals surface area contributed by atoms with Gasteiger partial charge in [0.2, 0.25) is 5.91 Å². The highest BCUT2D eigenvalue weighted by atomic mass is 35.5. The fourth-order valence-corrected chi connectivity index (χ4v) is 3.27. The van der Waals surface area contributed by atoms with E-state index in [1.54, 1.807) is 18.6 Å². The number of carbonyl (C=O) groups excluding carboxylic acids is 1. The lowest BCUT2D eigenvalue weighted by atomic mass is 10.1. The second-order valence-corrected chi connectivity index (χ2v) is 5.96. The molecule has 0 aliphatic carbocycles. The van der Waals surface area contributed by atoms with E-state index in [4.69, 9.17) is 11.6 Å². The van der Waals surface area contributed by atoms with Crippen molar-refractivity contribution in [3.05, 3.63) is 41.3 Å². The molecule has 0 fully saturated rings. The fourth-order valence-electron chi connectivity index (χ4n) is 2.20. The van der Waals surface area contributed by atoms with Gasteiger partial charge in [-0.2, -0.15) is 0 Å². The number of benzene rings is 1. The molecular weight excluding hydrogens is 308 g/mol. The van der Waals surface area contributed by atoms with Crippen LogP contribution < -0.4 is 10.6 Å². The minimum atomic E-state index is -0.335. The van der Waals surface area contributed by atoms with Gasteiger partial charge in [0.25, 0.3) is 0 Å². The van der Waals surface area contributed by atoms with Crippen LogP contribution in [0.3, 0.4) is 0 Å². The number of aromatic nitrogens is 2. The molecule has 1 aliphatic rings. The minimum absolute atomic E-state index is 0.0513. The number of fused-ring (bicyclic) bond motifs is 1. The SMILES string of the molecule is CCNC1C(=O)Nc2cc(Sc3cnccn3)c(Cl)cc21. The number of halogens is 1. The molecule has 108 valence electrons.